The largest absolute Gasteiger partial charge is 1.00 e. The minimum absolute atomic E-state index is 0. The van der Waals surface area contributed by atoms with Crippen LogP contribution < -0.4 is 34.9 Å². The third-order valence-electron chi connectivity index (χ3n) is 4.61. The van der Waals surface area contributed by atoms with E-state index >= 15 is 0 Å². The van der Waals surface area contributed by atoms with Gasteiger partial charge in [0.2, 0.25) is 11.8 Å². The summed E-state index contributed by atoms with van der Waals surface area (Å²) in [7, 11) is 0. The molecule has 1 aromatic rings. The molecule has 3 N–H and O–H groups in total. The molecule has 2 heterocycles. The van der Waals surface area contributed by atoms with E-state index in [1.165, 1.54) is 28.8 Å². The van der Waals surface area contributed by atoms with Crippen LogP contribution in [-0.2, 0) is 19.2 Å². The molecule has 2 fully saturated rings. The average molecular weight is 402 g/mol. The van der Waals surface area contributed by atoms with Crippen LogP contribution >= 0.6 is 11.8 Å². The first-order valence-electron chi connectivity index (χ1n) is 7.96. The number of carboxylic acid groups (broad SMARTS) is 2. The van der Waals surface area contributed by atoms with Crippen LogP contribution in [0.4, 0.5) is 0 Å². The summed E-state index contributed by atoms with van der Waals surface area (Å²) in [5.74, 6) is -5.16. The Labute approximate surface area is 183 Å². The van der Waals surface area contributed by atoms with Gasteiger partial charge in [-0.1, -0.05) is 30.3 Å². The topological polar surface area (TPSA) is 124 Å². The number of carbonyl (C=O) groups is 4. The summed E-state index contributed by atoms with van der Waals surface area (Å²) in [5, 5.41) is 20.8. The molecular weight excluding hydrogens is 383 g/mol. The van der Waals surface area contributed by atoms with Crippen molar-refractivity contribution in [1.82, 2.24) is 10.2 Å². The van der Waals surface area contributed by atoms with Gasteiger partial charge in [-0.05, 0) is 19.4 Å². The fourth-order valence-electron chi connectivity index (χ4n) is 3.43. The van der Waals surface area contributed by atoms with Crippen LogP contribution in [0.5, 0.6) is 0 Å². The predicted octanol–water partition coefficient (Wildman–Crippen LogP) is -2.40. The van der Waals surface area contributed by atoms with Crippen LogP contribution in [0.3, 0.4) is 0 Å². The summed E-state index contributed by atoms with van der Waals surface area (Å²) in [4.78, 5) is 49.2. The Morgan fingerprint density at radius 2 is 1.81 bits per heavy atom. The van der Waals surface area contributed by atoms with Crippen molar-refractivity contribution in [3.63, 3.8) is 0 Å². The molecule has 4 atom stereocenters. The van der Waals surface area contributed by atoms with Crippen molar-refractivity contribution >= 4 is 35.5 Å². The van der Waals surface area contributed by atoms with Crippen molar-refractivity contribution in [2.75, 3.05) is 0 Å². The van der Waals surface area contributed by atoms with Crippen molar-refractivity contribution in [2.45, 2.75) is 42.0 Å². The minimum atomic E-state index is -1.44. The normalized spacial score (nSPS) is 26.2. The molecule has 0 radical (unpaired) electrons. The quantitative estimate of drug-likeness (QED) is 0.285. The fraction of sp³-hybridized carbons (Fsp3) is 0.412. The van der Waals surface area contributed by atoms with E-state index in [4.69, 9.17) is 0 Å². The van der Waals surface area contributed by atoms with E-state index in [1.54, 1.807) is 32.0 Å². The van der Waals surface area contributed by atoms with Gasteiger partial charge >= 0.3 is 41.5 Å². The second kappa shape index (κ2) is 7.83. The molecule has 8 nitrogen and oxygen atoms in total. The van der Waals surface area contributed by atoms with Gasteiger partial charge in [0.25, 0.3) is 0 Å². The number of amides is 2. The molecule has 2 amide bonds. The fourth-order valence-corrected chi connectivity index (χ4v) is 5.06. The molecule has 0 spiro atoms. The van der Waals surface area contributed by atoms with Gasteiger partial charge in [-0.3, -0.25) is 14.4 Å². The number of aliphatic carboxylic acids is 2. The molecule has 0 bridgehead atoms. The number of hydrogen-bond acceptors (Lipinski definition) is 5. The Kier molecular flexibility index (Phi) is 6.30. The van der Waals surface area contributed by atoms with Crippen LogP contribution in [0.25, 0.3) is 0 Å². The number of carboxylic acids is 2. The summed E-state index contributed by atoms with van der Waals surface area (Å²) in [5.41, 5.74) is 0.309. The van der Waals surface area contributed by atoms with Gasteiger partial charge in [0.1, 0.15) is 17.5 Å². The van der Waals surface area contributed by atoms with Crippen LogP contribution in [0.1, 0.15) is 26.8 Å². The first-order valence-corrected chi connectivity index (χ1v) is 8.84. The number of fused-ring (bicyclic) bond motifs is 1. The Hall–Kier alpha value is -1.55. The zero-order valence-corrected chi connectivity index (χ0v) is 17.9. The number of thioether (sulfide) groups is 1. The number of carbonyl (C=O) groups excluding carboxylic acids is 2. The van der Waals surface area contributed by atoms with Gasteiger partial charge in [0, 0.05) is 4.75 Å². The van der Waals surface area contributed by atoms with E-state index in [1.807, 2.05) is 0 Å². The minimum Gasteiger partial charge on any atom is -1.00 e. The smallest absolute Gasteiger partial charge is 1.00 e. The van der Waals surface area contributed by atoms with Crippen molar-refractivity contribution in [1.29, 1.82) is 0 Å². The average Bonchev–Trinajstić information content (AvgIpc) is 2.82. The van der Waals surface area contributed by atoms with Gasteiger partial charge in [-0.25, -0.2) is 4.79 Å². The Bertz CT molecular complexity index is 793. The van der Waals surface area contributed by atoms with E-state index < -0.39 is 51.9 Å². The number of rotatable bonds is 5. The van der Waals surface area contributed by atoms with E-state index in [0.29, 0.717) is 5.56 Å². The van der Waals surface area contributed by atoms with Crippen LogP contribution in [0.2, 0.25) is 0 Å². The molecule has 3 rings (SSSR count). The summed E-state index contributed by atoms with van der Waals surface area (Å²) in [6, 6.07) is 6.10. The van der Waals surface area contributed by atoms with Gasteiger partial charge in [-0.15, -0.1) is 11.8 Å². The standard InChI is InChI=1S/C17H18N2O6S.Na.H/c1-17(2)11(16(24)25)19-13(21)10(14(19)26-17)18-12(20)9(15(22)23)8-6-4-3-5-7-8;;/h3-7,9-11,14H,1-2H3,(H,18,20)(H,22,23)(H,24,25);;/q;+1;-1/t9?,10-,11+,14-;;/m1../s1. The molecule has 27 heavy (non-hydrogen) atoms. The molecule has 2 aliphatic heterocycles. The van der Waals surface area contributed by atoms with Gasteiger partial charge in [0.05, 0.1) is 0 Å². The summed E-state index contributed by atoms with van der Waals surface area (Å²) in [6.45, 7) is 3.45. The van der Waals surface area contributed by atoms with Crippen molar-refractivity contribution < 1.29 is 60.4 Å². The maximum Gasteiger partial charge on any atom is 1.00 e. The third kappa shape index (κ3) is 3.73. The van der Waals surface area contributed by atoms with Gasteiger partial charge in [-0.2, -0.15) is 0 Å². The molecule has 0 aliphatic carbocycles. The van der Waals surface area contributed by atoms with Crippen LogP contribution in [0.15, 0.2) is 30.3 Å². The molecule has 140 valence electrons. The monoisotopic (exact) mass is 402 g/mol. The number of β-lactam (4-membered cyclic amide) rings is 1. The van der Waals surface area contributed by atoms with Crippen molar-refractivity contribution in [3.8, 4) is 0 Å². The molecule has 0 saturated carbocycles. The molecular formula is C17H19N2NaO6S. The van der Waals surface area contributed by atoms with E-state index in [0.717, 1.165) is 0 Å². The molecule has 10 heteroatoms. The zero-order valence-electron chi connectivity index (χ0n) is 16.1. The molecule has 1 aromatic carbocycles. The number of nitrogens with zero attached hydrogens (tertiary/aromatic N) is 1. The molecule has 2 aliphatic rings. The Morgan fingerprint density at radius 3 is 2.33 bits per heavy atom. The zero-order chi connectivity index (χ0) is 19.2. The predicted molar refractivity (Wildman–Crippen MR) is 93.6 cm³/mol. The second-order valence-corrected chi connectivity index (χ2v) is 8.54. The first-order chi connectivity index (χ1) is 12.1. The first kappa shape index (κ1) is 21.7. The summed E-state index contributed by atoms with van der Waals surface area (Å²) >= 11 is 1.29. The second-order valence-electron chi connectivity index (χ2n) is 6.77. The van der Waals surface area contributed by atoms with Crippen LogP contribution in [-0.4, -0.2) is 61.1 Å². The number of hydrogen-bond donors (Lipinski definition) is 3. The number of nitrogens with one attached hydrogen (secondary N) is 1. The molecule has 2 saturated heterocycles. The number of benzene rings is 1. The maximum atomic E-state index is 12.5. The molecule has 1 unspecified atom stereocenters. The Balaban J connectivity index is 0.00000196. The van der Waals surface area contributed by atoms with E-state index in [-0.39, 0.29) is 31.0 Å². The van der Waals surface area contributed by atoms with Crippen molar-refractivity contribution in [3.05, 3.63) is 35.9 Å². The van der Waals surface area contributed by atoms with Crippen LogP contribution in [0, 0.1) is 0 Å². The van der Waals surface area contributed by atoms with Crippen molar-refractivity contribution in [2.24, 2.45) is 0 Å². The van der Waals surface area contributed by atoms with E-state index in [2.05, 4.69) is 5.32 Å². The third-order valence-corrected chi connectivity index (χ3v) is 6.19. The molecule has 0 aromatic heterocycles. The maximum absolute atomic E-state index is 12.5. The SMILES string of the molecule is CC1(C)S[C@@H]2[C@H](NC(=O)C(C(=O)O)c3ccccc3)C(=O)N2[C@H]1C(=O)O.[H-].[Na+]. The summed E-state index contributed by atoms with van der Waals surface area (Å²) < 4.78 is -0.711. The van der Waals surface area contributed by atoms with E-state index in [9.17, 15) is 29.4 Å². The Morgan fingerprint density at radius 1 is 1.22 bits per heavy atom. The van der Waals surface area contributed by atoms with Gasteiger partial charge in [0.15, 0.2) is 5.92 Å². The van der Waals surface area contributed by atoms with Gasteiger partial charge < -0.3 is 21.9 Å². The summed E-state index contributed by atoms with van der Waals surface area (Å²) in [6.07, 6.45) is 0.